The summed E-state index contributed by atoms with van der Waals surface area (Å²) in [6.45, 7) is 11.2. The van der Waals surface area contributed by atoms with E-state index in [9.17, 15) is 0 Å². The Hall–Kier alpha value is -2.54. The second kappa shape index (κ2) is 8.44. The maximum Gasteiger partial charge on any atom is 0.241 e. The Morgan fingerprint density at radius 3 is 1.37 bits per heavy atom. The molecular formula is C26H29B. The smallest absolute Gasteiger partial charge is 0.0777 e. The molecule has 0 heterocycles. The molecule has 0 fully saturated rings. The Balaban J connectivity index is 2.23. The normalized spacial score (nSPS) is 11.9. The van der Waals surface area contributed by atoms with Gasteiger partial charge in [0.25, 0.3) is 0 Å². The van der Waals surface area contributed by atoms with Gasteiger partial charge in [0.2, 0.25) is 6.71 Å². The molecule has 3 aromatic rings. The van der Waals surface area contributed by atoms with Crippen LogP contribution in [0.2, 0.25) is 0 Å². The number of hydrogen-bond donors (Lipinski definition) is 0. The van der Waals surface area contributed by atoms with Crippen LogP contribution >= 0.6 is 0 Å². The van der Waals surface area contributed by atoms with Crippen molar-refractivity contribution >= 4 is 23.1 Å². The molecule has 136 valence electrons. The molecule has 0 aromatic heterocycles. The molecule has 0 atom stereocenters. The SMILES string of the molecule is CC/C(C)=C(\B(c1ccc(C)cc1)c1ccc(C)cc1)c1ccc(C)cc1. The van der Waals surface area contributed by atoms with E-state index < -0.39 is 0 Å². The predicted molar refractivity (Wildman–Crippen MR) is 121 cm³/mol. The van der Waals surface area contributed by atoms with E-state index in [1.165, 1.54) is 44.2 Å². The van der Waals surface area contributed by atoms with Crippen molar-refractivity contribution in [2.75, 3.05) is 0 Å². The van der Waals surface area contributed by atoms with E-state index in [0.717, 1.165) is 6.42 Å². The van der Waals surface area contributed by atoms with Crippen LogP contribution in [0.15, 0.2) is 78.4 Å². The maximum atomic E-state index is 2.29. The van der Waals surface area contributed by atoms with Crippen LogP contribution < -0.4 is 10.9 Å². The predicted octanol–water partition coefficient (Wildman–Crippen LogP) is 5.64. The number of allylic oxidation sites excluding steroid dienone is 1. The maximum absolute atomic E-state index is 2.29. The van der Waals surface area contributed by atoms with Crippen LogP contribution in [0.1, 0.15) is 42.5 Å². The molecule has 0 spiro atoms. The van der Waals surface area contributed by atoms with Crippen LogP contribution in [0.4, 0.5) is 0 Å². The van der Waals surface area contributed by atoms with Crippen molar-refractivity contribution in [3.63, 3.8) is 0 Å². The third-order valence-electron chi connectivity index (χ3n) is 5.46. The molecule has 0 unspecified atom stereocenters. The summed E-state index contributed by atoms with van der Waals surface area (Å²) in [6, 6.07) is 27.1. The lowest BCUT2D eigenvalue weighted by Crippen LogP contribution is -2.44. The standard InChI is InChI=1S/C26H29B/c1-6-22(5)26(23-13-7-19(2)8-14-23)27(24-15-9-20(3)10-16-24)25-17-11-21(4)12-18-25/h7-18H,6H2,1-5H3/b26-22-. The largest absolute Gasteiger partial charge is 0.241 e. The van der Waals surface area contributed by atoms with Gasteiger partial charge in [0.15, 0.2) is 0 Å². The van der Waals surface area contributed by atoms with E-state index in [-0.39, 0.29) is 6.71 Å². The molecule has 3 rings (SSSR count). The van der Waals surface area contributed by atoms with Crippen molar-refractivity contribution < 1.29 is 0 Å². The lowest BCUT2D eigenvalue weighted by molar-refractivity contribution is 1.11. The zero-order valence-corrected chi connectivity index (χ0v) is 17.2. The van der Waals surface area contributed by atoms with Gasteiger partial charge in [0.05, 0.1) is 0 Å². The van der Waals surface area contributed by atoms with E-state index in [0.29, 0.717) is 0 Å². The molecule has 0 radical (unpaired) electrons. The van der Waals surface area contributed by atoms with Crippen LogP contribution in [-0.2, 0) is 0 Å². The van der Waals surface area contributed by atoms with Crippen LogP contribution in [-0.4, -0.2) is 6.71 Å². The van der Waals surface area contributed by atoms with Gasteiger partial charge in [-0.15, -0.1) is 0 Å². The first kappa shape index (κ1) is 19.2. The second-order valence-corrected chi connectivity index (χ2v) is 7.67. The summed E-state index contributed by atoms with van der Waals surface area (Å²) in [5, 5.41) is 0. The average Bonchev–Trinajstić information content (AvgIpc) is 2.68. The number of rotatable bonds is 5. The topological polar surface area (TPSA) is 0 Å². The fraction of sp³-hybridized carbons (Fsp3) is 0.231. The van der Waals surface area contributed by atoms with E-state index in [1.807, 2.05) is 0 Å². The summed E-state index contributed by atoms with van der Waals surface area (Å²) in [5.41, 5.74) is 10.8. The minimum absolute atomic E-state index is 0.244. The molecule has 0 amide bonds. The Labute approximate surface area is 165 Å². The van der Waals surface area contributed by atoms with Crippen molar-refractivity contribution in [3.05, 3.63) is 101 Å². The Bertz CT molecular complexity index is 868. The Morgan fingerprint density at radius 2 is 1.00 bits per heavy atom. The van der Waals surface area contributed by atoms with Gasteiger partial charge in [0, 0.05) is 0 Å². The molecule has 27 heavy (non-hydrogen) atoms. The van der Waals surface area contributed by atoms with Gasteiger partial charge in [-0.05, 0) is 39.7 Å². The highest BCUT2D eigenvalue weighted by Crippen LogP contribution is 2.24. The molecule has 0 aliphatic carbocycles. The van der Waals surface area contributed by atoms with Crippen molar-refractivity contribution in [2.45, 2.75) is 41.0 Å². The Kier molecular flexibility index (Phi) is 6.01. The van der Waals surface area contributed by atoms with Gasteiger partial charge in [-0.1, -0.05) is 118 Å². The quantitative estimate of drug-likeness (QED) is 0.521. The third kappa shape index (κ3) is 4.42. The Morgan fingerprint density at radius 1 is 0.630 bits per heavy atom. The van der Waals surface area contributed by atoms with Gasteiger partial charge >= 0.3 is 0 Å². The molecule has 0 nitrogen and oxygen atoms in total. The number of hydrogen-bond acceptors (Lipinski definition) is 0. The molecule has 1 heteroatoms. The van der Waals surface area contributed by atoms with Crippen molar-refractivity contribution in [1.82, 2.24) is 0 Å². The zero-order chi connectivity index (χ0) is 19.4. The first-order valence-corrected chi connectivity index (χ1v) is 9.89. The molecule has 0 aliphatic heterocycles. The van der Waals surface area contributed by atoms with Crippen LogP contribution in [0.5, 0.6) is 0 Å². The average molecular weight is 352 g/mol. The minimum Gasteiger partial charge on any atom is -0.0777 e. The highest BCUT2D eigenvalue weighted by molar-refractivity contribution is 6.99. The van der Waals surface area contributed by atoms with Gasteiger partial charge in [-0.25, -0.2) is 0 Å². The van der Waals surface area contributed by atoms with Crippen LogP contribution in [0.25, 0.3) is 5.47 Å². The first-order valence-electron chi connectivity index (χ1n) is 9.89. The van der Waals surface area contributed by atoms with Crippen molar-refractivity contribution in [3.8, 4) is 0 Å². The van der Waals surface area contributed by atoms with Gasteiger partial charge in [-0.2, -0.15) is 0 Å². The highest BCUT2D eigenvalue weighted by Gasteiger charge is 2.26. The summed E-state index contributed by atoms with van der Waals surface area (Å²) in [7, 11) is 0. The lowest BCUT2D eigenvalue weighted by Gasteiger charge is -2.22. The molecule has 0 saturated carbocycles. The molecule has 0 N–H and O–H groups in total. The van der Waals surface area contributed by atoms with E-state index in [2.05, 4.69) is 107 Å². The minimum atomic E-state index is 0.244. The van der Waals surface area contributed by atoms with E-state index in [1.54, 1.807) is 0 Å². The highest BCUT2D eigenvalue weighted by atomic mass is 14.1. The summed E-state index contributed by atoms with van der Waals surface area (Å²) in [6.07, 6.45) is 1.05. The fourth-order valence-electron chi connectivity index (χ4n) is 3.63. The van der Waals surface area contributed by atoms with Gasteiger partial charge in [-0.3, -0.25) is 0 Å². The van der Waals surface area contributed by atoms with Crippen LogP contribution in [0, 0.1) is 20.8 Å². The molecule has 0 bridgehead atoms. The summed E-state index contributed by atoms with van der Waals surface area (Å²) in [5.74, 6) is 0. The number of aryl methyl sites for hydroxylation is 3. The summed E-state index contributed by atoms with van der Waals surface area (Å²) >= 11 is 0. The molecular weight excluding hydrogens is 323 g/mol. The zero-order valence-electron chi connectivity index (χ0n) is 17.2. The lowest BCUT2D eigenvalue weighted by atomic mass is 9.34. The van der Waals surface area contributed by atoms with Crippen molar-refractivity contribution in [2.24, 2.45) is 0 Å². The van der Waals surface area contributed by atoms with E-state index in [4.69, 9.17) is 0 Å². The first-order chi connectivity index (χ1) is 13.0. The number of benzene rings is 3. The molecule has 0 aliphatic rings. The fourth-order valence-corrected chi connectivity index (χ4v) is 3.63. The molecule has 3 aromatic carbocycles. The van der Waals surface area contributed by atoms with Gasteiger partial charge < -0.3 is 0 Å². The van der Waals surface area contributed by atoms with E-state index >= 15 is 0 Å². The molecule has 0 saturated heterocycles. The van der Waals surface area contributed by atoms with Crippen LogP contribution in [0.3, 0.4) is 0 Å². The van der Waals surface area contributed by atoms with Crippen molar-refractivity contribution in [1.29, 1.82) is 0 Å². The summed E-state index contributed by atoms with van der Waals surface area (Å²) in [4.78, 5) is 0. The monoisotopic (exact) mass is 352 g/mol. The van der Waals surface area contributed by atoms with Gasteiger partial charge in [0.1, 0.15) is 0 Å². The third-order valence-corrected chi connectivity index (χ3v) is 5.46. The second-order valence-electron chi connectivity index (χ2n) is 7.67. The summed E-state index contributed by atoms with van der Waals surface area (Å²) < 4.78 is 0.